The van der Waals surface area contributed by atoms with E-state index in [2.05, 4.69) is 5.32 Å². The van der Waals surface area contributed by atoms with Crippen LogP contribution in [0, 0.1) is 0 Å². The molecule has 0 saturated heterocycles. The summed E-state index contributed by atoms with van der Waals surface area (Å²) >= 11 is 11.9. The van der Waals surface area contributed by atoms with Crippen LogP contribution in [0.1, 0.15) is 6.92 Å². The Hall–Kier alpha value is -0.490. The van der Waals surface area contributed by atoms with Crippen LogP contribution >= 0.6 is 23.2 Å². The summed E-state index contributed by atoms with van der Waals surface area (Å²) in [5.74, 6) is 0. The van der Waals surface area contributed by atoms with E-state index in [0.717, 1.165) is 6.26 Å². The van der Waals surface area contributed by atoms with Gasteiger partial charge in [-0.05, 0) is 19.1 Å². The fourth-order valence-electron chi connectivity index (χ4n) is 1.24. The molecule has 0 spiro atoms. The third-order valence-corrected chi connectivity index (χ3v) is 3.18. The van der Waals surface area contributed by atoms with Gasteiger partial charge in [-0.25, -0.2) is 0 Å². The monoisotopic (exact) mass is 297 g/mol. The van der Waals surface area contributed by atoms with Crippen LogP contribution in [0.5, 0.6) is 0 Å². The van der Waals surface area contributed by atoms with Crippen molar-refractivity contribution in [3.63, 3.8) is 0 Å². The first-order valence-corrected chi connectivity index (χ1v) is 7.43. The molecule has 0 bridgehead atoms. The molecule has 7 heteroatoms. The first kappa shape index (κ1) is 14.6. The van der Waals surface area contributed by atoms with Crippen molar-refractivity contribution in [1.29, 1.82) is 0 Å². The van der Waals surface area contributed by atoms with E-state index in [-0.39, 0.29) is 6.54 Å². The van der Waals surface area contributed by atoms with Gasteiger partial charge >= 0.3 is 0 Å². The Morgan fingerprint density at radius 1 is 1.35 bits per heavy atom. The number of nitrogens with one attached hydrogen (secondary N) is 1. The van der Waals surface area contributed by atoms with Gasteiger partial charge in [0.15, 0.2) is 0 Å². The van der Waals surface area contributed by atoms with Gasteiger partial charge in [0, 0.05) is 6.54 Å². The lowest BCUT2D eigenvalue weighted by atomic mass is 10.3. The third kappa shape index (κ3) is 5.12. The smallest absolute Gasteiger partial charge is 0.264 e. The topological polar surface area (TPSA) is 55.4 Å². The molecule has 0 fully saturated rings. The van der Waals surface area contributed by atoms with Crippen molar-refractivity contribution in [2.24, 2.45) is 0 Å². The zero-order valence-corrected chi connectivity index (χ0v) is 11.7. The summed E-state index contributed by atoms with van der Waals surface area (Å²) in [6.07, 6.45) is 0.503. The molecule has 0 aliphatic carbocycles. The number of rotatable bonds is 5. The summed E-state index contributed by atoms with van der Waals surface area (Å²) in [7, 11) is -3.45. The van der Waals surface area contributed by atoms with Crippen LogP contribution in [-0.2, 0) is 14.3 Å². The van der Waals surface area contributed by atoms with Crippen molar-refractivity contribution in [2.45, 2.75) is 13.0 Å². The number of hydrogen-bond acceptors (Lipinski definition) is 4. The molecule has 0 saturated carbocycles. The minimum Gasteiger partial charge on any atom is -0.380 e. The Bertz CT molecular complexity index is 470. The van der Waals surface area contributed by atoms with Crippen molar-refractivity contribution < 1.29 is 12.6 Å². The number of para-hydroxylation sites is 1. The number of benzene rings is 1. The molecule has 0 aliphatic rings. The molecule has 17 heavy (non-hydrogen) atoms. The van der Waals surface area contributed by atoms with E-state index >= 15 is 0 Å². The van der Waals surface area contributed by atoms with E-state index in [1.54, 1.807) is 25.1 Å². The number of anilines is 1. The molecular weight excluding hydrogens is 285 g/mol. The second-order valence-corrected chi connectivity index (χ2v) is 6.00. The van der Waals surface area contributed by atoms with E-state index in [1.807, 2.05) is 0 Å². The second-order valence-electron chi connectivity index (χ2n) is 3.59. The average Bonchev–Trinajstić information content (AvgIpc) is 2.14. The second kappa shape index (κ2) is 5.91. The van der Waals surface area contributed by atoms with Gasteiger partial charge in [-0.3, -0.25) is 4.18 Å². The Balaban J connectivity index is 2.62. The van der Waals surface area contributed by atoms with Crippen LogP contribution in [0.4, 0.5) is 5.69 Å². The number of halogens is 2. The third-order valence-electron chi connectivity index (χ3n) is 1.87. The summed E-state index contributed by atoms with van der Waals surface area (Å²) in [5, 5.41) is 3.90. The van der Waals surface area contributed by atoms with Gasteiger partial charge in [-0.2, -0.15) is 8.42 Å². The largest absolute Gasteiger partial charge is 0.380 e. The SMILES string of the molecule is CC(CNc1c(Cl)cccc1Cl)OS(C)(=O)=O. The highest BCUT2D eigenvalue weighted by atomic mass is 35.5. The van der Waals surface area contributed by atoms with Gasteiger partial charge in [-0.15, -0.1) is 0 Å². The highest BCUT2D eigenvalue weighted by molar-refractivity contribution is 7.86. The van der Waals surface area contributed by atoms with Crippen LogP contribution in [0.3, 0.4) is 0 Å². The van der Waals surface area contributed by atoms with Crippen LogP contribution in [0.2, 0.25) is 10.0 Å². The molecular formula is C10H13Cl2NO3S. The first-order chi connectivity index (χ1) is 7.79. The van der Waals surface area contributed by atoms with E-state index in [4.69, 9.17) is 27.4 Å². The van der Waals surface area contributed by atoms with E-state index in [0.29, 0.717) is 15.7 Å². The Morgan fingerprint density at radius 2 is 1.88 bits per heavy atom. The molecule has 4 nitrogen and oxygen atoms in total. The highest BCUT2D eigenvalue weighted by Crippen LogP contribution is 2.29. The molecule has 0 radical (unpaired) electrons. The summed E-state index contributed by atoms with van der Waals surface area (Å²) in [4.78, 5) is 0. The van der Waals surface area contributed by atoms with Crippen molar-refractivity contribution in [1.82, 2.24) is 0 Å². The van der Waals surface area contributed by atoms with Gasteiger partial charge in [0.2, 0.25) is 0 Å². The first-order valence-electron chi connectivity index (χ1n) is 4.86. The minimum absolute atomic E-state index is 0.288. The van der Waals surface area contributed by atoms with Crippen LogP contribution in [0.25, 0.3) is 0 Å². The molecule has 1 atom stereocenters. The molecule has 0 heterocycles. The molecule has 1 aromatic carbocycles. The lowest BCUT2D eigenvalue weighted by molar-refractivity contribution is 0.244. The summed E-state index contributed by atoms with van der Waals surface area (Å²) in [6, 6.07) is 5.11. The van der Waals surface area contributed by atoms with Crippen molar-refractivity contribution in [3.8, 4) is 0 Å². The fraction of sp³-hybridized carbons (Fsp3) is 0.400. The zero-order valence-electron chi connectivity index (χ0n) is 9.41. The lowest BCUT2D eigenvalue weighted by Gasteiger charge is -2.14. The maximum absolute atomic E-state index is 10.9. The Kier molecular flexibility index (Phi) is 5.06. The normalized spacial score (nSPS) is 13.4. The molecule has 1 rings (SSSR count). The standard InChI is InChI=1S/C10H13Cl2NO3S/c1-7(16-17(2,14)15)6-13-10-8(11)4-3-5-9(10)12/h3-5,7,13H,6H2,1-2H3. The fourth-order valence-corrected chi connectivity index (χ4v) is 2.44. The maximum atomic E-state index is 10.9. The van der Waals surface area contributed by atoms with Gasteiger partial charge in [0.05, 0.1) is 28.1 Å². The van der Waals surface area contributed by atoms with E-state index in [9.17, 15) is 8.42 Å². The lowest BCUT2D eigenvalue weighted by Crippen LogP contribution is -2.23. The van der Waals surface area contributed by atoms with Gasteiger partial charge < -0.3 is 5.32 Å². The molecule has 0 aliphatic heterocycles. The molecule has 96 valence electrons. The zero-order chi connectivity index (χ0) is 13.1. The summed E-state index contributed by atoms with van der Waals surface area (Å²) in [5.41, 5.74) is 0.569. The summed E-state index contributed by atoms with van der Waals surface area (Å²) in [6.45, 7) is 1.93. The molecule has 0 amide bonds. The van der Waals surface area contributed by atoms with Gasteiger partial charge in [0.25, 0.3) is 10.1 Å². The Morgan fingerprint density at radius 3 is 2.35 bits per heavy atom. The highest BCUT2D eigenvalue weighted by Gasteiger charge is 2.11. The number of hydrogen-bond donors (Lipinski definition) is 1. The molecule has 0 aromatic heterocycles. The predicted octanol–water partition coefficient (Wildman–Crippen LogP) is 2.77. The molecule has 1 N–H and O–H groups in total. The average molecular weight is 298 g/mol. The maximum Gasteiger partial charge on any atom is 0.264 e. The predicted molar refractivity (Wildman–Crippen MR) is 70.3 cm³/mol. The molecule has 1 unspecified atom stereocenters. The Labute approximate surface area is 111 Å². The van der Waals surface area contributed by atoms with E-state index < -0.39 is 16.2 Å². The quantitative estimate of drug-likeness (QED) is 0.849. The van der Waals surface area contributed by atoms with Crippen molar-refractivity contribution in [2.75, 3.05) is 18.1 Å². The van der Waals surface area contributed by atoms with Crippen LogP contribution in [-0.4, -0.2) is 27.3 Å². The minimum atomic E-state index is -3.45. The molecule has 1 aromatic rings. The summed E-state index contributed by atoms with van der Waals surface area (Å²) < 4.78 is 26.5. The van der Waals surface area contributed by atoms with Crippen LogP contribution < -0.4 is 5.32 Å². The van der Waals surface area contributed by atoms with E-state index in [1.165, 1.54) is 0 Å². The van der Waals surface area contributed by atoms with Crippen LogP contribution in [0.15, 0.2) is 18.2 Å². The van der Waals surface area contributed by atoms with Crippen molar-refractivity contribution >= 4 is 39.0 Å². The van der Waals surface area contributed by atoms with Gasteiger partial charge in [-0.1, -0.05) is 29.3 Å². The van der Waals surface area contributed by atoms with Crippen molar-refractivity contribution in [3.05, 3.63) is 28.2 Å². The van der Waals surface area contributed by atoms with Gasteiger partial charge in [0.1, 0.15) is 0 Å².